The van der Waals surface area contributed by atoms with Crippen LogP contribution in [-0.4, -0.2) is 20.9 Å². The highest BCUT2D eigenvalue weighted by molar-refractivity contribution is 7.92. The smallest absolute Gasteiger partial charge is 0.264 e. The van der Waals surface area contributed by atoms with Gasteiger partial charge in [-0.15, -0.1) is 0 Å². The number of hydrogen-bond donors (Lipinski definition) is 1. The normalized spacial score (nSPS) is 11.2. The van der Waals surface area contributed by atoms with Crippen molar-refractivity contribution in [2.24, 2.45) is 0 Å². The highest BCUT2D eigenvalue weighted by Gasteiger charge is 2.28. The zero-order valence-electron chi connectivity index (χ0n) is 17.4. The Hall–Kier alpha value is -3.12. The molecule has 1 amide bonds. The number of nitrogens with one attached hydrogen (secondary N) is 1. The van der Waals surface area contributed by atoms with Crippen molar-refractivity contribution in [3.63, 3.8) is 0 Å². The molecule has 0 atom stereocenters. The highest BCUT2D eigenvalue weighted by atomic mass is 32.2. The summed E-state index contributed by atoms with van der Waals surface area (Å²) in [6.07, 6.45) is 0.907. The summed E-state index contributed by atoms with van der Waals surface area (Å²) in [5.41, 5.74) is 3.99. The second kappa shape index (κ2) is 9.13. The fourth-order valence-electron chi connectivity index (χ4n) is 3.16. The molecule has 0 heterocycles. The molecule has 0 unspecified atom stereocenters. The van der Waals surface area contributed by atoms with E-state index in [2.05, 4.69) is 12.2 Å². The summed E-state index contributed by atoms with van der Waals surface area (Å²) in [6, 6.07) is 21.3. The standard InChI is InChI=1S/C24H26N2O3S/c1-4-20-12-14-21(15-13-20)25-24(27)17-26(23-16-18(2)10-11-19(23)3)30(28,29)22-8-6-5-7-9-22/h5-16H,4,17H2,1-3H3,(H,25,27). The molecule has 0 aromatic heterocycles. The van der Waals surface area contributed by atoms with Gasteiger partial charge >= 0.3 is 0 Å². The van der Waals surface area contributed by atoms with Gasteiger partial charge in [-0.1, -0.05) is 49.4 Å². The van der Waals surface area contributed by atoms with Crippen molar-refractivity contribution in [2.75, 3.05) is 16.2 Å². The van der Waals surface area contributed by atoms with Gasteiger partial charge in [0.25, 0.3) is 10.0 Å². The van der Waals surface area contributed by atoms with Crippen LogP contribution in [0.5, 0.6) is 0 Å². The van der Waals surface area contributed by atoms with Crippen LogP contribution in [-0.2, 0) is 21.2 Å². The topological polar surface area (TPSA) is 66.5 Å². The number of aryl methyl sites for hydroxylation is 3. The van der Waals surface area contributed by atoms with Crippen molar-refractivity contribution < 1.29 is 13.2 Å². The van der Waals surface area contributed by atoms with Crippen LogP contribution in [0, 0.1) is 13.8 Å². The Morgan fingerprint density at radius 3 is 2.23 bits per heavy atom. The molecule has 0 bridgehead atoms. The largest absolute Gasteiger partial charge is 0.325 e. The number of carbonyl (C=O) groups is 1. The third kappa shape index (κ3) is 4.89. The Bertz CT molecular complexity index is 1120. The van der Waals surface area contributed by atoms with Gasteiger partial charge in [-0.2, -0.15) is 0 Å². The molecule has 3 rings (SSSR count). The number of rotatable bonds is 7. The SMILES string of the molecule is CCc1ccc(NC(=O)CN(c2cc(C)ccc2C)S(=O)(=O)c2ccccc2)cc1. The Balaban J connectivity index is 1.95. The first-order valence-electron chi connectivity index (χ1n) is 9.85. The summed E-state index contributed by atoms with van der Waals surface area (Å²) in [6.45, 7) is 5.47. The number of carbonyl (C=O) groups excluding carboxylic acids is 1. The maximum Gasteiger partial charge on any atom is 0.264 e. The van der Waals surface area contributed by atoms with Gasteiger partial charge in [-0.25, -0.2) is 8.42 Å². The lowest BCUT2D eigenvalue weighted by molar-refractivity contribution is -0.114. The zero-order chi connectivity index (χ0) is 21.7. The number of amides is 1. The van der Waals surface area contributed by atoms with Gasteiger partial charge in [0.05, 0.1) is 10.6 Å². The summed E-state index contributed by atoms with van der Waals surface area (Å²) in [7, 11) is -3.92. The van der Waals surface area contributed by atoms with E-state index in [9.17, 15) is 13.2 Å². The molecule has 0 saturated carbocycles. The van der Waals surface area contributed by atoms with Gasteiger partial charge < -0.3 is 5.32 Å². The van der Waals surface area contributed by atoms with Gasteiger partial charge in [0.15, 0.2) is 0 Å². The summed E-state index contributed by atoms with van der Waals surface area (Å²) >= 11 is 0. The van der Waals surface area contributed by atoms with Crippen molar-refractivity contribution in [1.29, 1.82) is 0 Å². The van der Waals surface area contributed by atoms with E-state index in [1.54, 1.807) is 24.3 Å². The van der Waals surface area contributed by atoms with Gasteiger partial charge in [0, 0.05) is 5.69 Å². The predicted octanol–water partition coefficient (Wildman–Crippen LogP) is 4.70. The third-order valence-electron chi connectivity index (χ3n) is 4.90. The lowest BCUT2D eigenvalue weighted by Crippen LogP contribution is -2.38. The molecule has 0 fully saturated rings. The molecule has 1 N–H and O–H groups in total. The summed E-state index contributed by atoms with van der Waals surface area (Å²) in [5, 5.41) is 2.81. The maximum atomic E-state index is 13.4. The third-order valence-corrected chi connectivity index (χ3v) is 6.67. The molecule has 0 saturated heterocycles. The van der Waals surface area contributed by atoms with Gasteiger partial charge in [0.1, 0.15) is 6.54 Å². The van der Waals surface area contributed by atoms with Crippen molar-refractivity contribution >= 4 is 27.3 Å². The van der Waals surface area contributed by atoms with Crippen molar-refractivity contribution in [1.82, 2.24) is 0 Å². The molecule has 0 radical (unpaired) electrons. The highest BCUT2D eigenvalue weighted by Crippen LogP contribution is 2.28. The average molecular weight is 423 g/mol. The lowest BCUT2D eigenvalue weighted by Gasteiger charge is -2.26. The summed E-state index contributed by atoms with van der Waals surface area (Å²) in [4.78, 5) is 13.0. The molecular weight excluding hydrogens is 396 g/mol. The van der Waals surface area contributed by atoms with E-state index in [4.69, 9.17) is 0 Å². The number of benzene rings is 3. The van der Waals surface area contributed by atoms with E-state index >= 15 is 0 Å². The van der Waals surface area contributed by atoms with Crippen LogP contribution < -0.4 is 9.62 Å². The van der Waals surface area contributed by atoms with Gasteiger partial charge in [-0.3, -0.25) is 9.10 Å². The fraction of sp³-hybridized carbons (Fsp3) is 0.208. The molecule has 0 spiro atoms. The molecule has 5 nitrogen and oxygen atoms in total. The second-order valence-corrected chi connectivity index (χ2v) is 9.08. The molecule has 3 aromatic carbocycles. The average Bonchev–Trinajstić information content (AvgIpc) is 2.75. The lowest BCUT2D eigenvalue weighted by atomic mass is 10.1. The molecule has 0 aliphatic rings. The van der Waals surface area contributed by atoms with Crippen LogP contribution in [0.1, 0.15) is 23.6 Å². The van der Waals surface area contributed by atoms with Crippen molar-refractivity contribution in [3.8, 4) is 0 Å². The predicted molar refractivity (Wildman–Crippen MR) is 121 cm³/mol. The maximum absolute atomic E-state index is 13.4. The van der Waals surface area contributed by atoms with Crippen LogP contribution in [0.25, 0.3) is 0 Å². The van der Waals surface area contributed by atoms with Gasteiger partial charge in [-0.05, 0) is 67.3 Å². The first-order valence-corrected chi connectivity index (χ1v) is 11.3. The molecular formula is C24H26N2O3S. The van der Waals surface area contributed by atoms with E-state index in [1.807, 2.05) is 50.2 Å². The Morgan fingerprint density at radius 2 is 1.60 bits per heavy atom. The number of hydrogen-bond acceptors (Lipinski definition) is 3. The molecule has 6 heteroatoms. The Kier molecular flexibility index (Phi) is 6.57. The molecule has 3 aromatic rings. The number of sulfonamides is 1. The van der Waals surface area contributed by atoms with Crippen LogP contribution >= 0.6 is 0 Å². The van der Waals surface area contributed by atoms with E-state index in [1.165, 1.54) is 16.4 Å². The van der Waals surface area contributed by atoms with Crippen LogP contribution in [0.2, 0.25) is 0 Å². The number of anilines is 2. The number of nitrogens with zero attached hydrogens (tertiary/aromatic N) is 1. The van der Waals surface area contributed by atoms with Crippen molar-refractivity contribution in [3.05, 3.63) is 89.5 Å². The first-order chi connectivity index (χ1) is 14.3. The Labute approximate surface area is 178 Å². The van der Waals surface area contributed by atoms with E-state index in [0.717, 1.165) is 23.1 Å². The first kappa shape index (κ1) is 21.6. The molecule has 30 heavy (non-hydrogen) atoms. The van der Waals surface area contributed by atoms with Gasteiger partial charge in [0.2, 0.25) is 5.91 Å². The Morgan fingerprint density at radius 1 is 0.933 bits per heavy atom. The van der Waals surface area contributed by atoms with Crippen LogP contribution in [0.3, 0.4) is 0 Å². The van der Waals surface area contributed by atoms with E-state index in [-0.39, 0.29) is 11.4 Å². The van der Waals surface area contributed by atoms with Crippen LogP contribution in [0.15, 0.2) is 77.7 Å². The molecule has 156 valence electrons. The minimum absolute atomic E-state index is 0.144. The molecule has 0 aliphatic heterocycles. The summed E-state index contributed by atoms with van der Waals surface area (Å²) < 4.78 is 28.0. The minimum atomic E-state index is -3.92. The zero-order valence-corrected chi connectivity index (χ0v) is 18.2. The van der Waals surface area contributed by atoms with Crippen molar-refractivity contribution in [2.45, 2.75) is 32.1 Å². The second-order valence-electron chi connectivity index (χ2n) is 7.21. The summed E-state index contributed by atoms with van der Waals surface area (Å²) in [5.74, 6) is -0.403. The van der Waals surface area contributed by atoms with E-state index in [0.29, 0.717) is 11.4 Å². The minimum Gasteiger partial charge on any atom is -0.325 e. The fourth-order valence-corrected chi connectivity index (χ4v) is 4.66. The molecule has 0 aliphatic carbocycles. The van der Waals surface area contributed by atoms with Crippen LogP contribution in [0.4, 0.5) is 11.4 Å². The monoisotopic (exact) mass is 422 g/mol. The quantitative estimate of drug-likeness (QED) is 0.600. The van der Waals surface area contributed by atoms with E-state index < -0.39 is 15.9 Å².